The summed E-state index contributed by atoms with van der Waals surface area (Å²) in [4.78, 5) is 0. The van der Waals surface area contributed by atoms with Crippen molar-refractivity contribution in [1.82, 2.24) is 9.19 Å². The topological polar surface area (TPSA) is 102 Å². The van der Waals surface area contributed by atoms with Gasteiger partial charge in [-0.2, -0.15) is 14.4 Å². The molecule has 1 heterocycles. The molecule has 1 saturated carbocycles. The van der Waals surface area contributed by atoms with Crippen LogP contribution in [-0.4, -0.2) is 22.9 Å². The van der Waals surface area contributed by atoms with Gasteiger partial charge in [0, 0.05) is 16.8 Å². The van der Waals surface area contributed by atoms with Gasteiger partial charge in [0.15, 0.2) is 0 Å². The van der Waals surface area contributed by atoms with Crippen molar-refractivity contribution in [3.8, 4) is 17.2 Å². The van der Waals surface area contributed by atoms with Gasteiger partial charge in [0.25, 0.3) is 10.0 Å². The van der Waals surface area contributed by atoms with Gasteiger partial charge in [-0.1, -0.05) is 6.07 Å². The monoisotopic (exact) mass is 288 g/mol. The maximum Gasteiger partial charge on any atom is 0.256 e. The smallest absolute Gasteiger partial charge is 0.256 e. The van der Waals surface area contributed by atoms with Crippen molar-refractivity contribution >= 4 is 15.7 Å². The quantitative estimate of drug-likeness (QED) is 0.859. The number of nitriles is 1. The lowest BCUT2D eigenvalue weighted by molar-refractivity contribution is 0.578. The van der Waals surface area contributed by atoms with Gasteiger partial charge < -0.3 is 5.73 Å². The summed E-state index contributed by atoms with van der Waals surface area (Å²) in [6.45, 7) is 0. The van der Waals surface area contributed by atoms with Gasteiger partial charge in [-0.25, -0.2) is 8.42 Å². The predicted octanol–water partition coefficient (Wildman–Crippen LogP) is 1.34. The lowest BCUT2D eigenvalue weighted by atomic mass is 10.0. The van der Waals surface area contributed by atoms with Crippen molar-refractivity contribution in [3.05, 3.63) is 36.2 Å². The molecule has 0 bridgehead atoms. The molecule has 1 fully saturated rings. The van der Waals surface area contributed by atoms with Crippen LogP contribution in [0.5, 0.6) is 0 Å². The summed E-state index contributed by atoms with van der Waals surface area (Å²) in [5.74, 6) is 0. The largest absolute Gasteiger partial charge is 0.399 e. The molecule has 0 aliphatic heterocycles. The number of anilines is 1. The van der Waals surface area contributed by atoms with Gasteiger partial charge in [0.05, 0.1) is 29.3 Å². The highest BCUT2D eigenvalue weighted by Crippen LogP contribution is 2.31. The van der Waals surface area contributed by atoms with E-state index in [0.717, 1.165) is 4.09 Å². The highest BCUT2D eigenvalue weighted by Gasteiger charge is 2.37. The first-order valence-electron chi connectivity index (χ1n) is 6.11. The highest BCUT2D eigenvalue weighted by atomic mass is 32.2. The molecule has 0 saturated heterocycles. The van der Waals surface area contributed by atoms with Crippen molar-refractivity contribution in [1.29, 1.82) is 5.26 Å². The van der Waals surface area contributed by atoms with Crippen LogP contribution in [0.25, 0.3) is 11.1 Å². The van der Waals surface area contributed by atoms with Gasteiger partial charge in [0.2, 0.25) is 0 Å². The summed E-state index contributed by atoms with van der Waals surface area (Å²) in [5.41, 5.74) is 7.73. The van der Waals surface area contributed by atoms with Crippen molar-refractivity contribution in [3.63, 3.8) is 0 Å². The molecule has 1 aliphatic rings. The van der Waals surface area contributed by atoms with Crippen LogP contribution in [0.2, 0.25) is 0 Å². The summed E-state index contributed by atoms with van der Waals surface area (Å²) in [6.07, 6.45) is 4.26. The first-order valence-corrected chi connectivity index (χ1v) is 7.62. The van der Waals surface area contributed by atoms with E-state index in [4.69, 9.17) is 11.0 Å². The zero-order valence-corrected chi connectivity index (χ0v) is 11.3. The molecule has 0 amide bonds. The molecule has 2 N–H and O–H groups in total. The van der Waals surface area contributed by atoms with Gasteiger partial charge in [-0.3, -0.25) is 0 Å². The van der Waals surface area contributed by atoms with Gasteiger partial charge in [0.1, 0.15) is 0 Å². The summed E-state index contributed by atoms with van der Waals surface area (Å²) < 4.78 is 25.1. The average molecular weight is 288 g/mol. The van der Waals surface area contributed by atoms with Crippen LogP contribution in [0, 0.1) is 11.3 Å². The number of rotatable bonds is 3. The molecule has 1 aliphatic carbocycles. The normalized spacial score (nSPS) is 14.9. The van der Waals surface area contributed by atoms with E-state index in [9.17, 15) is 8.42 Å². The first kappa shape index (κ1) is 12.7. The Hall–Kier alpha value is -2.33. The standard InChI is InChI=1S/C13H12N4O2S/c14-6-9-5-11(15)1-4-13(9)10-7-16-17(8-10)20(18,19)12-2-3-12/h1,4-5,7-8,12H,2-3,15H2. The van der Waals surface area contributed by atoms with E-state index in [0.29, 0.717) is 35.2 Å². The summed E-state index contributed by atoms with van der Waals surface area (Å²) in [6, 6.07) is 6.97. The molecular weight excluding hydrogens is 276 g/mol. The zero-order chi connectivity index (χ0) is 14.3. The zero-order valence-electron chi connectivity index (χ0n) is 10.5. The Kier molecular flexibility index (Phi) is 2.76. The van der Waals surface area contributed by atoms with Crippen molar-refractivity contribution in [2.45, 2.75) is 18.1 Å². The molecule has 0 spiro atoms. The first-order chi connectivity index (χ1) is 9.52. The highest BCUT2D eigenvalue weighted by molar-refractivity contribution is 7.90. The minimum Gasteiger partial charge on any atom is -0.399 e. The molecule has 0 atom stereocenters. The van der Waals surface area contributed by atoms with E-state index in [-0.39, 0.29) is 5.25 Å². The second kappa shape index (κ2) is 4.35. The maximum absolute atomic E-state index is 12.1. The third kappa shape index (κ3) is 2.04. The molecule has 102 valence electrons. The number of nitrogens with zero attached hydrogens (tertiary/aromatic N) is 3. The average Bonchev–Trinajstić information content (AvgIpc) is 3.17. The minimum atomic E-state index is -3.38. The van der Waals surface area contributed by atoms with E-state index in [1.54, 1.807) is 18.2 Å². The third-order valence-electron chi connectivity index (χ3n) is 3.24. The third-order valence-corrected chi connectivity index (χ3v) is 5.28. The van der Waals surface area contributed by atoms with Crippen molar-refractivity contribution in [2.75, 3.05) is 5.73 Å². The Morgan fingerprint density at radius 3 is 2.80 bits per heavy atom. The lowest BCUT2D eigenvalue weighted by Gasteiger charge is -2.02. The molecule has 2 aromatic rings. The molecule has 6 nitrogen and oxygen atoms in total. The number of hydrogen-bond donors (Lipinski definition) is 1. The molecule has 1 aromatic heterocycles. The van der Waals surface area contributed by atoms with Crippen LogP contribution in [0.1, 0.15) is 18.4 Å². The van der Waals surface area contributed by atoms with E-state index in [1.807, 2.05) is 0 Å². The van der Waals surface area contributed by atoms with Crippen LogP contribution >= 0.6 is 0 Å². The SMILES string of the molecule is N#Cc1cc(N)ccc1-c1cnn(S(=O)(=O)C2CC2)c1. The number of nitrogens with two attached hydrogens (primary N) is 1. The van der Waals surface area contributed by atoms with Gasteiger partial charge in [-0.05, 0) is 25.0 Å². The minimum absolute atomic E-state index is 0.322. The summed E-state index contributed by atoms with van der Waals surface area (Å²) >= 11 is 0. The Labute approximate surface area is 116 Å². The molecule has 0 radical (unpaired) electrons. The van der Waals surface area contributed by atoms with E-state index < -0.39 is 10.0 Å². The Morgan fingerprint density at radius 2 is 2.15 bits per heavy atom. The number of nitrogen functional groups attached to an aromatic ring is 1. The summed E-state index contributed by atoms with van der Waals surface area (Å²) in [5, 5.41) is 12.7. The van der Waals surface area contributed by atoms with Crippen LogP contribution in [0.3, 0.4) is 0 Å². The fraction of sp³-hybridized carbons (Fsp3) is 0.231. The second-order valence-corrected chi connectivity index (χ2v) is 6.83. The maximum atomic E-state index is 12.1. The molecule has 1 aromatic carbocycles. The summed E-state index contributed by atoms with van der Waals surface area (Å²) in [7, 11) is -3.38. The fourth-order valence-electron chi connectivity index (χ4n) is 2.01. The fourth-order valence-corrected chi connectivity index (χ4v) is 3.48. The number of aromatic nitrogens is 2. The number of hydrogen-bond acceptors (Lipinski definition) is 5. The van der Waals surface area contributed by atoms with Gasteiger partial charge in [-0.15, -0.1) is 0 Å². The van der Waals surface area contributed by atoms with Crippen LogP contribution in [0.15, 0.2) is 30.6 Å². The van der Waals surface area contributed by atoms with E-state index in [1.165, 1.54) is 12.4 Å². The lowest BCUT2D eigenvalue weighted by Crippen LogP contribution is -2.17. The molecule has 3 rings (SSSR count). The van der Waals surface area contributed by atoms with Crippen LogP contribution in [-0.2, 0) is 10.0 Å². The Balaban J connectivity index is 2.05. The van der Waals surface area contributed by atoms with Gasteiger partial charge >= 0.3 is 0 Å². The molecular formula is C13H12N4O2S. The Morgan fingerprint density at radius 1 is 1.40 bits per heavy atom. The van der Waals surface area contributed by atoms with Crippen LogP contribution < -0.4 is 5.73 Å². The van der Waals surface area contributed by atoms with E-state index >= 15 is 0 Å². The van der Waals surface area contributed by atoms with Crippen molar-refractivity contribution in [2.24, 2.45) is 0 Å². The molecule has 0 unspecified atom stereocenters. The molecule has 7 heteroatoms. The molecule has 20 heavy (non-hydrogen) atoms. The Bertz CT molecular complexity index is 813. The predicted molar refractivity (Wildman–Crippen MR) is 74.1 cm³/mol. The van der Waals surface area contributed by atoms with Crippen molar-refractivity contribution < 1.29 is 8.42 Å². The second-order valence-electron chi connectivity index (χ2n) is 4.76. The van der Waals surface area contributed by atoms with Crippen LogP contribution in [0.4, 0.5) is 5.69 Å². The number of benzene rings is 1. The van der Waals surface area contributed by atoms with E-state index in [2.05, 4.69) is 11.2 Å².